The number of epoxide rings is 1. The standard InChI is InChI=1S/C20H17FN2O4S/c21-18-7-2-1-6-17(18)13-9-14(19-20(24)27-19)11-16(10-13)28(25,26)23-12-15-5-3-4-8-22-15/h1-11,19-20,23-24H,12H2. The third-order valence-corrected chi connectivity index (χ3v) is 5.77. The highest BCUT2D eigenvalue weighted by Gasteiger charge is 2.39. The molecule has 2 N–H and O–H groups in total. The van der Waals surface area contributed by atoms with Crippen molar-refractivity contribution in [3.63, 3.8) is 0 Å². The van der Waals surface area contributed by atoms with Crippen LogP contribution in [0.15, 0.2) is 71.8 Å². The first kappa shape index (κ1) is 18.7. The van der Waals surface area contributed by atoms with Crippen molar-refractivity contribution < 1.29 is 22.7 Å². The minimum Gasteiger partial charge on any atom is -0.366 e. The first-order chi connectivity index (χ1) is 13.4. The highest BCUT2D eigenvalue weighted by atomic mass is 32.2. The average Bonchev–Trinajstić information content (AvgIpc) is 3.44. The number of aliphatic hydroxyl groups is 1. The molecule has 1 saturated heterocycles. The summed E-state index contributed by atoms with van der Waals surface area (Å²) in [5.74, 6) is -0.471. The van der Waals surface area contributed by atoms with E-state index in [2.05, 4.69) is 9.71 Å². The minimum absolute atomic E-state index is 0.0188. The molecule has 0 bridgehead atoms. The maximum absolute atomic E-state index is 14.2. The Hall–Kier alpha value is -2.65. The molecular weight excluding hydrogens is 383 g/mol. The molecule has 1 aromatic heterocycles. The van der Waals surface area contributed by atoms with Gasteiger partial charge in [0.05, 0.1) is 17.1 Å². The number of sulfonamides is 1. The largest absolute Gasteiger partial charge is 0.366 e. The van der Waals surface area contributed by atoms with Gasteiger partial charge < -0.3 is 9.84 Å². The second-order valence-electron chi connectivity index (χ2n) is 6.36. The molecule has 1 fully saturated rings. The fraction of sp³-hybridized carbons (Fsp3) is 0.150. The summed E-state index contributed by atoms with van der Waals surface area (Å²) >= 11 is 0. The van der Waals surface area contributed by atoms with Gasteiger partial charge in [0, 0.05) is 11.8 Å². The summed E-state index contributed by atoms with van der Waals surface area (Å²) in [6, 6.07) is 15.7. The van der Waals surface area contributed by atoms with Crippen LogP contribution in [0.3, 0.4) is 0 Å². The Labute approximate surface area is 161 Å². The predicted octanol–water partition coefficient (Wildman–Crippen LogP) is 2.76. The van der Waals surface area contributed by atoms with Gasteiger partial charge in [-0.2, -0.15) is 0 Å². The van der Waals surface area contributed by atoms with Crippen molar-refractivity contribution in [2.24, 2.45) is 0 Å². The van der Waals surface area contributed by atoms with E-state index in [1.807, 2.05) is 0 Å². The van der Waals surface area contributed by atoms with Crippen LogP contribution in [0.1, 0.15) is 17.4 Å². The molecule has 8 heteroatoms. The zero-order valence-corrected chi connectivity index (χ0v) is 15.4. The van der Waals surface area contributed by atoms with Crippen LogP contribution in [-0.2, 0) is 21.3 Å². The molecule has 3 aromatic rings. The number of nitrogens with zero attached hydrogens (tertiary/aromatic N) is 1. The summed E-state index contributed by atoms with van der Waals surface area (Å²) in [6.07, 6.45) is -0.0452. The highest BCUT2D eigenvalue weighted by Crippen LogP contribution is 2.39. The van der Waals surface area contributed by atoms with E-state index in [1.54, 1.807) is 48.7 Å². The summed E-state index contributed by atoms with van der Waals surface area (Å²) in [7, 11) is -3.90. The number of aliphatic hydroxyl groups excluding tert-OH is 1. The molecule has 1 aliphatic heterocycles. The average molecular weight is 400 g/mol. The molecule has 4 rings (SSSR count). The van der Waals surface area contributed by atoms with Gasteiger partial charge in [0.2, 0.25) is 10.0 Å². The molecular formula is C20H17FN2O4S. The van der Waals surface area contributed by atoms with Gasteiger partial charge in [0.1, 0.15) is 11.9 Å². The van der Waals surface area contributed by atoms with Gasteiger partial charge in [0.15, 0.2) is 6.29 Å². The Morgan fingerprint density at radius 2 is 1.86 bits per heavy atom. The van der Waals surface area contributed by atoms with Crippen LogP contribution in [0.25, 0.3) is 11.1 Å². The smallest absolute Gasteiger partial charge is 0.240 e. The van der Waals surface area contributed by atoms with Gasteiger partial charge >= 0.3 is 0 Å². The van der Waals surface area contributed by atoms with Gasteiger partial charge in [-0.1, -0.05) is 24.3 Å². The van der Waals surface area contributed by atoms with Crippen LogP contribution in [0, 0.1) is 5.82 Å². The maximum Gasteiger partial charge on any atom is 0.240 e. The Morgan fingerprint density at radius 1 is 1.11 bits per heavy atom. The lowest BCUT2D eigenvalue weighted by Gasteiger charge is -2.11. The van der Waals surface area contributed by atoms with Crippen molar-refractivity contribution in [3.05, 3.63) is 83.9 Å². The predicted molar refractivity (Wildman–Crippen MR) is 99.9 cm³/mol. The van der Waals surface area contributed by atoms with Crippen molar-refractivity contribution in [3.8, 4) is 11.1 Å². The van der Waals surface area contributed by atoms with E-state index in [4.69, 9.17) is 4.74 Å². The molecule has 0 aliphatic carbocycles. The van der Waals surface area contributed by atoms with Crippen molar-refractivity contribution in [2.45, 2.75) is 23.8 Å². The van der Waals surface area contributed by atoms with Crippen molar-refractivity contribution in [1.82, 2.24) is 9.71 Å². The molecule has 2 atom stereocenters. The number of aromatic nitrogens is 1. The normalized spacial score (nSPS) is 18.8. The topological polar surface area (TPSA) is 91.8 Å². The molecule has 2 unspecified atom stereocenters. The zero-order valence-electron chi connectivity index (χ0n) is 14.6. The highest BCUT2D eigenvalue weighted by molar-refractivity contribution is 7.89. The summed E-state index contributed by atoms with van der Waals surface area (Å²) in [6.45, 7) is 0.0188. The molecule has 144 valence electrons. The quantitative estimate of drug-likeness (QED) is 0.621. The second-order valence-corrected chi connectivity index (χ2v) is 8.13. The Balaban J connectivity index is 1.71. The van der Waals surface area contributed by atoms with Gasteiger partial charge in [-0.3, -0.25) is 4.98 Å². The molecule has 2 aromatic carbocycles. The lowest BCUT2D eigenvalue weighted by atomic mass is 10.0. The first-order valence-corrected chi connectivity index (χ1v) is 10.1. The summed E-state index contributed by atoms with van der Waals surface area (Å²) in [5.41, 5.74) is 1.68. The molecule has 28 heavy (non-hydrogen) atoms. The number of nitrogens with one attached hydrogen (secondary N) is 1. The molecule has 0 saturated carbocycles. The molecule has 0 spiro atoms. The van der Waals surface area contributed by atoms with Crippen LogP contribution in [0.5, 0.6) is 0 Å². The van der Waals surface area contributed by atoms with Crippen molar-refractivity contribution >= 4 is 10.0 Å². The molecule has 2 heterocycles. The van der Waals surface area contributed by atoms with Crippen molar-refractivity contribution in [1.29, 1.82) is 0 Å². The van der Waals surface area contributed by atoms with E-state index < -0.39 is 28.2 Å². The van der Waals surface area contributed by atoms with E-state index in [1.165, 1.54) is 18.2 Å². The van der Waals surface area contributed by atoms with Gasteiger partial charge in [0.25, 0.3) is 0 Å². The lowest BCUT2D eigenvalue weighted by molar-refractivity contribution is 0.156. The third-order valence-electron chi connectivity index (χ3n) is 4.39. The van der Waals surface area contributed by atoms with Crippen LogP contribution in [-0.4, -0.2) is 24.8 Å². The minimum atomic E-state index is -3.90. The fourth-order valence-corrected chi connectivity index (χ4v) is 3.97. The van der Waals surface area contributed by atoms with E-state index in [-0.39, 0.29) is 17.0 Å². The van der Waals surface area contributed by atoms with Gasteiger partial charge in [-0.25, -0.2) is 17.5 Å². The molecule has 1 aliphatic rings. The third kappa shape index (κ3) is 3.95. The number of halogens is 1. The SMILES string of the molecule is O=S(=O)(NCc1ccccn1)c1cc(-c2ccccc2F)cc(C2OC2O)c1. The summed E-state index contributed by atoms with van der Waals surface area (Å²) < 4.78 is 47.4. The van der Waals surface area contributed by atoms with Gasteiger partial charge in [-0.05, 0) is 47.5 Å². The summed E-state index contributed by atoms with van der Waals surface area (Å²) in [4.78, 5) is 4.05. The fourth-order valence-electron chi connectivity index (χ4n) is 2.90. The number of hydrogen-bond acceptors (Lipinski definition) is 5. The first-order valence-electron chi connectivity index (χ1n) is 8.57. The number of pyridine rings is 1. The van der Waals surface area contributed by atoms with Gasteiger partial charge in [-0.15, -0.1) is 0 Å². The zero-order chi connectivity index (χ0) is 19.7. The van der Waals surface area contributed by atoms with Crippen LogP contribution >= 0.6 is 0 Å². The Morgan fingerprint density at radius 3 is 2.54 bits per heavy atom. The number of rotatable bonds is 6. The number of benzene rings is 2. The maximum atomic E-state index is 14.2. The Kier molecular flexibility index (Phi) is 4.94. The van der Waals surface area contributed by atoms with E-state index in [9.17, 15) is 17.9 Å². The molecule has 0 radical (unpaired) electrons. The number of ether oxygens (including phenoxy) is 1. The van der Waals surface area contributed by atoms with E-state index in [0.29, 0.717) is 16.8 Å². The molecule has 6 nitrogen and oxygen atoms in total. The van der Waals surface area contributed by atoms with Crippen molar-refractivity contribution in [2.75, 3.05) is 0 Å². The van der Waals surface area contributed by atoms with E-state index >= 15 is 0 Å². The number of hydrogen-bond donors (Lipinski definition) is 2. The molecule has 0 amide bonds. The second kappa shape index (κ2) is 7.40. The van der Waals surface area contributed by atoms with Crippen LogP contribution < -0.4 is 4.72 Å². The monoisotopic (exact) mass is 400 g/mol. The Bertz CT molecular complexity index is 1110. The van der Waals surface area contributed by atoms with Crippen LogP contribution in [0.4, 0.5) is 4.39 Å². The van der Waals surface area contributed by atoms with Crippen LogP contribution in [0.2, 0.25) is 0 Å². The summed E-state index contributed by atoms with van der Waals surface area (Å²) in [5, 5.41) is 9.57. The lowest BCUT2D eigenvalue weighted by Crippen LogP contribution is -2.24. The van der Waals surface area contributed by atoms with E-state index in [0.717, 1.165) is 0 Å².